The second kappa shape index (κ2) is 3.16. The first-order valence-electron chi connectivity index (χ1n) is 3.87. The summed E-state index contributed by atoms with van der Waals surface area (Å²) in [5, 5.41) is 9.82. The van der Waals surface area contributed by atoms with Crippen molar-refractivity contribution >= 4 is 28.8 Å². The Bertz CT molecular complexity index is 551. The summed E-state index contributed by atoms with van der Waals surface area (Å²) < 4.78 is 1.60. The standard InChI is InChI=1S/C9H5Cl2N3/c1-5-8(3-12)14-4-6(10)2-7(11)9(14)13-5/h2,4H,1H3. The van der Waals surface area contributed by atoms with Crippen LogP contribution in [0, 0.1) is 18.3 Å². The van der Waals surface area contributed by atoms with Crippen molar-refractivity contribution < 1.29 is 0 Å². The van der Waals surface area contributed by atoms with Crippen LogP contribution in [0.3, 0.4) is 0 Å². The molecule has 0 aliphatic rings. The molecule has 0 fully saturated rings. The molecule has 0 spiro atoms. The number of rotatable bonds is 0. The molecule has 0 bridgehead atoms. The molecular weight excluding hydrogens is 221 g/mol. The molecule has 0 saturated carbocycles. The second-order valence-electron chi connectivity index (χ2n) is 2.86. The van der Waals surface area contributed by atoms with E-state index in [1.54, 1.807) is 23.6 Å². The van der Waals surface area contributed by atoms with E-state index >= 15 is 0 Å². The lowest BCUT2D eigenvalue weighted by molar-refractivity contribution is 1.14. The van der Waals surface area contributed by atoms with Gasteiger partial charge < -0.3 is 0 Å². The number of imidazole rings is 1. The minimum Gasteiger partial charge on any atom is -0.288 e. The number of hydrogen-bond donors (Lipinski definition) is 0. The SMILES string of the molecule is Cc1nc2c(Cl)cc(Cl)cn2c1C#N. The van der Waals surface area contributed by atoms with E-state index in [-0.39, 0.29) is 0 Å². The molecule has 2 aromatic rings. The summed E-state index contributed by atoms with van der Waals surface area (Å²) in [7, 11) is 0. The normalized spacial score (nSPS) is 10.4. The van der Waals surface area contributed by atoms with Crippen LogP contribution in [0.5, 0.6) is 0 Å². The van der Waals surface area contributed by atoms with Gasteiger partial charge in [-0.2, -0.15) is 5.26 Å². The van der Waals surface area contributed by atoms with E-state index in [0.717, 1.165) is 0 Å². The topological polar surface area (TPSA) is 41.1 Å². The molecule has 14 heavy (non-hydrogen) atoms. The molecule has 70 valence electrons. The van der Waals surface area contributed by atoms with Gasteiger partial charge in [0.2, 0.25) is 0 Å². The van der Waals surface area contributed by atoms with Crippen LogP contribution in [-0.4, -0.2) is 9.38 Å². The Kier molecular flexibility index (Phi) is 2.10. The number of hydrogen-bond acceptors (Lipinski definition) is 2. The van der Waals surface area contributed by atoms with Gasteiger partial charge in [0.1, 0.15) is 11.8 Å². The number of nitrogens with zero attached hydrogens (tertiary/aromatic N) is 3. The minimum absolute atomic E-state index is 0.446. The van der Waals surface area contributed by atoms with E-state index in [1.807, 2.05) is 0 Å². The summed E-state index contributed by atoms with van der Waals surface area (Å²) in [4.78, 5) is 4.17. The third-order valence-electron chi connectivity index (χ3n) is 1.92. The molecule has 0 atom stereocenters. The van der Waals surface area contributed by atoms with Crippen molar-refractivity contribution in [3.63, 3.8) is 0 Å². The van der Waals surface area contributed by atoms with Gasteiger partial charge in [-0.05, 0) is 13.0 Å². The maximum Gasteiger partial charge on any atom is 0.157 e. The molecule has 0 aromatic carbocycles. The highest BCUT2D eigenvalue weighted by molar-refractivity contribution is 6.36. The van der Waals surface area contributed by atoms with Gasteiger partial charge in [0.15, 0.2) is 5.65 Å². The molecule has 2 aromatic heterocycles. The summed E-state index contributed by atoms with van der Waals surface area (Å²) in [6.07, 6.45) is 1.63. The summed E-state index contributed by atoms with van der Waals surface area (Å²) in [6.45, 7) is 1.76. The maximum absolute atomic E-state index is 8.89. The first-order chi connectivity index (χ1) is 6.63. The Morgan fingerprint density at radius 3 is 2.86 bits per heavy atom. The first kappa shape index (κ1) is 9.32. The number of aryl methyl sites for hydroxylation is 1. The molecule has 2 rings (SSSR count). The van der Waals surface area contributed by atoms with Crippen molar-refractivity contribution in [2.75, 3.05) is 0 Å². The monoisotopic (exact) mass is 225 g/mol. The van der Waals surface area contributed by atoms with Crippen LogP contribution in [0.15, 0.2) is 12.3 Å². The van der Waals surface area contributed by atoms with Crippen molar-refractivity contribution in [3.05, 3.63) is 33.7 Å². The fraction of sp³-hybridized carbons (Fsp3) is 0.111. The highest BCUT2D eigenvalue weighted by Gasteiger charge is 2.11. The van der Waals surface area contributed by atoms with Crippen LogP contribution in [0.25, 0.3) is 5.65 Å². The van der Waals surface area contributed by atoms with Crippen LogP contribution in [0.2, 0.25) is 10.0 Å². The van der Waals surface area contributed by atoms with Gasteiger partial charge in [0.05, 0.1) is 15.7 Å². The van der Waals surface area contributed by atoms with Crippen LogP contribution in [-0.2, 0) is 0 Å². The van der Waals surface area contributed by atoms with Crippen LogP contribution in [0.4, 0.5) is 0 Å². The van der Waals surface area contributed by atoms with Crippen molar-refractivity contribution in [2.24, 2.45) is 0 Å². The Balaban J connectivity index is 2.97. The van der Waals surface area contributed by atoms with E-state index in [0.29, 0.717) is 27.1 Å². The van der Waals surface area contributed by atoms with Gasteiger partial charge in [-0.15, -0.1) is 0 Å². The first-order valence-corrected chi connectivity index (χ1v) is 4.63. The predicted molar refractivity (Wildman–Crippen MR) is 54.7 cm³/mol. The minimum atomic E-state index is 0.446. The molecule has 5 heteroatoms. The zero-order chi connectivity index (χ0) is 10.3. The molecule has 0 amide bonds. The van der Waals surface area contributed by atoms with Crippen LogP contribution >= 0.6 is 23.2 Å². The van der Waals surface area contributed by atoms with Gasteiger partial charge in [-0.3, -0.25) is 4.40 Å². The average molecular weight is 226 g/mol. The molecule has 0 aliphatic carbocycles. The lowest BCUT2D eigenvalue weighted by atomic mass is 10.4. The van der Waals surface area contributed by atoms with E-state index in [9.17, 15) is 0 Å². The Morgan fingerprint density at radius 1 is 1.50 bits per heavy atom. The molecule has 0 radical (unpaired) electrons. The highest BCUT2D eigenvalue weighted by atomic mass is 35.5. The fourth-order valence-electron chi connectivity index (χ4n) is 1.32. The third kappa shape index (κ3) is 1.24. The second-order valence-corrected chi connectivity index (χ2v) is 3.70. The zero-order valence-electron chi connectivity index (χ0n) is 7.25. The lowest BCUT2D eigenvalue weighted by Gasteiger charge is -1.97. The molecule has 0 saturated heterocycles. The number of fused-ring (bicyclic) bond motifs is 1. The van der Waals surface area contributed by atoms with Crippen LogP contribution < -0.4 is 0 Å². The molecule has 3 nitrogen and oxygen atoms in total. The average Bonchev–Trinajstić information content (AvgIpc) is 2.41. The zero-order valence-corrected chi connectivity index (χ0v) is 8.76. The lowest BCUT2D eigenvalue weighted by Crippen LogP contribution is -1.89. The Labute approximate surface area is 90.5 Å². The highest BCUT2D eigenvalue weighted by Crippen LogP contribution is 2.23. The number of halogens is 2. The quantitative estimate of drug-likeness (QED) is 0.692. The molecule has 2 heterocycles. The Morgan fingerprint density at radius 2 is 2.21 bits per heavy atom. The van der Waals surface area contributed by atoms with Gasteiger partial charge in [0.25, 0.3) is 0 Å². The third-order valence-corrected chi connectivity index (χ3v) is 2.41. The maximum atomic E-state index is 8.89. The van der Waals surface area contributed by atoms with Crippen molar-refractivity contribution in [3.8, 4) is 6.07 Å². The van der Waals surface area contributed by atoms with E-state index in [1.165, 1.54) is 0 Å². The largest absolute Gasteiger partial charge is 0.288 e. The van der Waals surface area contributed by atoms with E-state index in [2.05, 4.69) is 11.1 Å². The summed E-state index contributed by atoms with van der Waals surface area (Å²) in [5.41, 5.74) is 1.67. The molecule has 0 unspecified atom stereocenters. The smallest absolute Gasteiger partial charge is 0.157 e. The number of aromatic nitrogens is 2. The predicted octanol–water partition coefficient (Wildman–Crippen LogP) is 2.82. The van der Waals surface area contributed by atoms with Crippen molar-refractivity contribution in [1.29, 1.82) is 5.26 Å². The Hall–Kier alpha value is -1.24. The molecular formula is C9H5Cl2N3. The fourth-order valence-corrected chi connectivity index (χ4v) is 1.83. The molecule has 0 N–H and O–H groups in total. The van der Waals surface area contributed by atoms with Gasteiger partial charge >= 0.3 is 0 Å². The van der Waals surface area contributed by atoms with Crippen molar-refractivity contribution in [1.82, 2.24) is 9.38 Å². The summed E-state index contributed by atoms with van der Waals surface area (Å²) >= 11 is 11.7. The summed E-state index contributed by atoms with van der Waals surface area (Å²) in [5.74, 6) is 0. The summed E-state index contributed by atoms with van der Waals surface area (Å²) in [6, 6.07) is 3.66. The number of nitriles is 1. The molecule has 0 aliphatic heterocycles. The van der Waals surface area contributed by atoms with Gasteiger partial charge in [-0.1, -0.05) is 23.2 Å². The van der Waals surface area contributed by atoms with Crippen molar-refractivity contribution in [2.45, 2.75) is 6.92 Å². The number of pyridine rings is 1. The van der Waals surface area contributed by atoms with Crippen LogP contribution in [0.1, 0.15) is 11.4 Å². The van der Waals surface area contributed by atoms with E-state index < -0.39 is 0 Å². The van der Waals surface area contributed by atoms with E-state index in [4.69, 9.17) is 28.5 Å². The van der Waals surface area contributed by atoms with Gasteiger partial charge in [0, 0.05) is 6.20 Å². The van der Waals surface area contributed by atoms with Gasteiger partial charge in [-0.25, -0.2) is 4.98 Å².